The molecule has 0 aliphatic heterocycles. The highest BCUT2D eigenvalue weighted by atomic mass is 31.1. The van der Waals surface area contributed by atoms with Gasteiger partial charge < -0.3 is 0 Å². The predicted molar refractivity (Wildman–Crippen MR) is 35.2 cm³/mol. The van der Waals surface area contributed by atoms with Crippen LogP contribution in [0.1, 0.15) is 20.3 Å². The van der Waals surface area contributed by atoms with Gasteiger partial charge in [-0.15, -0.1) is 0 Å². The normalized spacial score (nSPS) is 12.2. The molecule has 9 heavy (non-hydrogen) atoms. The predicted octanol–water partition coefficient (Wildman–Crippen LogP) is 1.70. The molecular weight excluding hydrogens is 139 g/mol. The van der Waals surface area contributed by atoms with Crippen LogP contribution in [0.5, 0.6) is 0 Å². The molecule has 0 spiro atoms. The summed E-state index contributed by atoms with van der Waals surface area (Å²) < 4.78 is 14.3. The Hall–Kier alpha value is 0.0200. The first-order valence-electron chi connectivity index (χ1n) is 2.92. The van der Waals surface area contributed by atoms with Crippen molar-refractivity contribution in [3.8, 4) is 0 Å². The van der Waals surface area contributed by atoms with Crippen LogP contribution in [0.3, 0.4) is 0 Å². The Morgan fingerprint density at radius 3 is 2.56 bits per heavy atom. The first kappa shape index (κ1) is 9.02. The molecule has 0 amide bonds. The van der Waals surface area contributed by atoms with Crippen molar-refractivity contribution in [2.75, 3.05) is 6.61 Å². The van der Waals surface area contributed by atoms with Gasteiger partial charge in [0, 0.05) is 0 Å². The summed E-state index contributed by atoms with van der Waals surface area (Å²) in [6.45, 7) is 4.45. The Morgan fingerprint density at radius 1 is 1.67 bits per heavy atom. The highest BCUT2D eigenvalue weighted by molar-refractivity contribution is 7.32. The van der Waals surface area contributed by atoms with E-state index in [1.807, 2.05) is 13.8 Å². The van der Waals surface area contributed by atoms with Gasteiger partial charge in [-0.05, 0) is 12.3 Å². The average molecular weight is 151 g/mol. The zero-order chi connectivity index (χ0) is 7.28. The lowest BCUT2D eigenvalue weighted by Crippen LogP contribution is -1.93. The summed E-state index contributed by atoms with van der Waals surface area (Å²) in [5.74, 6) is 0.528. The van der Waals surface area contributed by atoms with E-state index in [4.69, 9.17) is 4.89 Å². The molecular formula is C5H12O3P. The third-order valence-corrected chi connectivity index (χ3v) is 1.30. The SMILES string of the molecule is CC(C)CCO[P](=O)O. The Bertz CT molecular complexity index is 92.2. The highest BCUT2D eigenvalue weighted by Gasteiger charge is 1.96. The largest absolute Gasteiger partial charge is 0.366 e. The van der Waals surface area contributed by atoms with E-state index in [1.54, 1.807) is 0 Å². The molecule has 0 rings (SSSR count). The summed E-state index contributed by atoms with van der Waals surface area (Å²) in [5.41, 5.74) is 0. The van der Waals surface area contributed by atoms with Gasteiger partial charge in [-0.25, -0.2) is 4.57 Å². The van der Waals surface area contributed by atoms with Gasteiger partial charge in [0.25, 0.3) is 0 Å². The summed E-state index contributed by atoms with van der Waals surface area (Å²) in [5, 5.41) is 0. The summed E-state index contributed by atoms with van der Waals surface area (Å²) in [6.07, 6.45) is 0.835. The molecule has 0 saturated carbocycles. The van der Waals surface area contributed by atoms with Crippen LogP contribution in [0.15, 0.2) is 0 Å². The highest BCUT2D eigenvalue weighted by Crippen LogP contribution is 2.15. The molecule has 1 N–H and O–H groups in total. The van der Waals surface area contributed by atoms with E-state index in [0.29, 0.717) is 12.5 Å². The van der Waals surface area contributed by atoms with Crippen molar-refractivity contribution in [2.45, 2.75) is 20.3 Å². The lowest BCUT2D eigenvalue weighted by atomic mass is 10.2. The van der Waals surface area contributed by atoms with Gasteiger partial charge in [-0.3, -0.25) is 9.42 Å². The van der Waals surface area contributed by atoms with Crippen LogP contribution in [0.2, 0.25) is 0 Å². The fourth-order valence-electron chi connectivity index (χ4n) is 0.366. The first-order chi connectivity index (χ1) is 4.13. The molecule has 0 aromatic carbocycles. The zero-order valence-electron chi connectivity index (χ0n) is 5.70. The van der Waals surface area contributed by atoms with Crippen LogP contribution in [0, 0.1) is 5.92 Å². The molecule has 0 aliphatic carbocycles. The number of hydrogen-bond donors (Lipinski definition) is 1. The first-order valence-corrected chi connectivity index (χ1v) is 4.05. The molecule has 0 saturated heterocycles. The molecule has 0 aromatic rings. The molecule has 0 aliphatic rings. The third-order valence-electron chi connectivity index (χ3n) is 0.897. The molecule has 1 radical (unpaired) electrons. The van der Waals surface area contributed by atoms with Gasteiger partial charge in [0.2, 0.25) is 0 Å². The average Bonchev–Trinajstić information content (AvgIpc) is 1.63. The molecule has 0 fully saturated rings. The van der Waals surface area contributed by atoms with Gasteiger partial charge in [-0.2, -0.15) is 0 Å². The zero-order valence-corrected chi connectivity index (χ0v) is 6.60. The van der Waals surface area contributed by atoms with E-state index in [2.05, 4.69) is 4.52 Å². The number of hydrogen-bond acceptors (Lipinski definition) is 2. The van der Waals surface area contributed by atoms with E-state index in [1.165, 1.54) is 0 Å². The van der Waals surface area contributed by atoms with Crippen LogP contribution in [-0.2, 0) is 9.09 Å². The van der Waals surface area contributed by atoms with E-state index in [-0.39, 0.29) is 0 Å². The lowest BCUT2D eigenvalue weighted by Gasteiger charge is -2.00. The van der Waals surface area contributed by atoms with Gasteiger partial charge in [0.05, 0.1) is 6.61 Å². The maximum Gasteiger partial charge on any atom is 0.366 e. The Kier molecular flexibility index (Phi) is 4.87. The summed E-state index contributed by atoms with van der Waals surface area (Å²) >= 11 is 0. The number of rotatable bonds is 4. The van der Waals surface area contributed by atoms with Crippen LogP contribution in [0.4, 0.5) is 0 Å². The standard InChI is InChI=1S/C5H12O3P/c1-5(2)3-4-8-9(6)7/h5H,3-4H2,1-2H3,(H,6,7). The van der Waals surface area contributed by atoms with Crippen molar-refractivity contribution in [1.82, 2.24) is 0 Å². The molecule has 1 atom stereocenters. The Labute approximate surface area is 56.0 Å². The van der Waals surface area contributed by atoms with Crippen molar-refractivity contribution < 1.29 is 14.0 Å². The van der Waals surface area contributed by atoms with Gasteiger partial charge in [0.1, 0.15) is 0 Å². The maximum atomic E-state index is 9.91. The maximum absolute atomic E-state index is 9.91. The van der Waals surface area contributed by atoms with Crippen molar-refractivity contribution >= 4 is 8.25 Å². The van der Waals surface area contributed by atoms with E-state index >= 15 is 0 Å². The van der Waals surface area contributed by atoms with Crippen molar-refractivity contribution in [1.29, 1.82) is 0 Å². The summed E-state index contributed by atoms with van der Waals surface area (Å²) in [7, 11) is -2.38. The summed E-state index contributed by atoms with van der Waals surface area (Å²) in [6, 6.07) is 0. The molecule has 0 heterocycles. The van der Waals surface area contributed by atoms with Gasteiger partial charge >= 0.3 is 8.25 Å². The van der Waals surface area contributed by atoms with Crippen molar-refractivity contribution in [2.24, 2.45) is 5.92 Å². The van der Waals surface area contributed by atoms with Crippen molar-refractivity contribution in [3.05, 3.63) is 0 Å². The minimum absolute atomic E-state index is 0.378. The molecule has 3 nitrogen and oxygen atoms in total. The minimum atomic E-state index is -2.38. The molecule has 1 unspecified atom stereocenters. The third kappa shape index (κ3) is 8.02. The molecule has 4 heteroatoms. The van der Waals surface area contributed by atoms with Crippen LogP contribution < -0.4 is 0 Å². The fourth-order valence-corrected chi connectivity index (χ4v) is 0.628. The second kappa shape index (κ2) is 4.86. The second-order valence-corrected chi connectivity index (χ2v) is 2.99. The van der Waals surface area contributed by atoms with Crippen LogP contribution in [-0.4, -0.2) is 11.5 Å². The van der Waals surface area contributed by atoms with Crippen molar-refractivity contribution in [3.63, 3.8) is 0 Å². The molecule has 0 aromatic heterocycles. The van der Waals surface area contributed by atoms with E-state index in [0.717, 1.165) is 6.42 Å². The minimum Gasteiger partial charge on any atom is -0.298 e. The monoisotopic (exact) mass is 151 g/mol. The lowest BCUT2D eigenvalue weighted by molar-refractivity contribution is 0.263. The topological polar surface area (TPSA) is 46.5 Å². The fraction of sp³-hybridized carbons (Fsp3) is 1.00. The van der Waals surface area contributed by atoms with E-state index < -0.39 is 8.25 Å². The van der Waals surface area contributed by atoms with E-state index in [9.17, 15) is 4.57 Å². The Morgan fingerprint density at radius 2 is 2.22 bits per heavy atom. The van der Waals surface area contributed by atoms with Gasteiger partial charge in [-0.1, -0.05) is 13.8 Å². The quantitative estimate of drug-likeness (QED) is 0.622. The molecule has 0 bridgehead atoms. The van der Waals surface area contributed by atoms with Gasteiger partial charge in [0.15, 0.2) is 0 Å². The second-order valence-electron chi connectivity index (χ2n) is 2.25. The molecule has 55 valence electrons. The van der Waals surface area contributed by atoms with Crippen LogP contribution in [0.25, 0.3) is 0 Å². The Balaban J connectivity index is 3.01. The smallest absolute Gasteiger partial charge is 0.298 e. The van der Waals surface area contributed by atoms with Crippen LogP contribution >= 0.6 is 8.25 Å². The summed E-state index contributed by atoms with van der Waals surface area (Å²) in [4.78, 5) is 8.15.